The Morgan fingerprint density at radius 1 is 1.00 bits per heavy atom. The first-order chi connectivity index (χ1) is 11.0. The van der Waals surface area contributed by atoms with Crippen LogP contribution in [0.4, 0.5) is 0 Å². The van der Waals surface area contributed by atoms with Crippen molar-refractivity contribution in [2.75, 3.05) is 13.7 Å². The molecular formula is C17H21NO4S. The SMILES string of the molecule is CCOc1ccc(S(=O)(=O)N[C@@H](C)c2ccc(OC)cc2)cc1. The fourth-order valence-corrected chi connectivity index (χ4v) is 3.38. The summed E-state index contributed by atoms with van der Waals surface area (Å²) in [7, 11) is -2.00. The van der Waals surface area contributed by atoms with Gasteiger partial charge in [-0.25, -0.2) is 13.1 Å². The maximum Gasteiger partial charge on any atom is 0.241 e. The molecule has 0 aliphatic rings. The number of hydrogen-bond acceptors (Lipinski definition) is 4. The van der Waals surface area contributed by atoms with Crippen LogP contribution in [-0.4, -0.2) is 22.1 Å². The second-order valence-corrected chi connectivity index (χ2v) is 6.73. The van der Waals surface area contributed by atoms with E-state index in [1.807, 2.05) is 19.1 Å². The zero-order valence-electron chi connectivity index (χ0n) is 13.4. The molecule has 2 aromatic carbocycles. The van der Waals surface area contributed by atoms with Gasteiger partial charge in [-0.2, -0.15) is 0 Å². The van der Waals surface area contributed by atoms with Gasteiger partial charge in [0.2, 0.25) is 10.0 Å². The van der Waals surface area contributed by atoms with Gasteiger partial charge in [-0.3, -0.25) is 0 Å². The molecule has 0 aliphatic heterocycles. The highest BCUT2D eigenvalue weighted by atomic mass is 32.2. The van der Waals surface area contributed by atoms with Crippen molar-refractivity contribution in [2.45, 2.75) is 24.8 Å². The number of nitrogens with one attached hydrogen (secondary N) is 1. The molecule has 0 saturated heterocycles. The molecule has 0 saturated carbocycles. The van der Waals surface area contributed by atoms with E-state index in [0.717, 1.165) is 11.3 Å². The van der Waals surface area contributed by atoms with Crippen molar-refractivity contribution >= 4 is 10.0 Å². The summed E-state index contributed by atoms with van der Waals surface area (Å²) in [5.74, 6) is 1.38. The number of rotatable bonds is 7. The summed E-state index contributed by atoms with van der Waals surface area (Å²) in [6.45, 7) is 4.22. The van der Waals surface area contributed by atoms with Gasteiger partial charge in [0.1, 0.15) is 11.5 Å². The molecule has 0 fully saturated rings. The summed E-state index contributed by atoms with van der Waals surface area (Å²) in [6.07, 6.45) is 0. The maximum absolute atomic E-state index is 12.4. The first-order valence-electron chi connectivity index (χ1n) is 7.35. The van der Waals surface area contributed by atoms with E-state index in [0.29, 0.717) is 12.4 Å². The van der Waals surface area contributed by atoms with Gasteiger partial charge >= 0.3 is 0 Å². The third kappa shape index (κ3) is 4.46. The van der Waals surface area contributed by atoms with Gasteiger partial charge in [0.05, 0.1) is 18.6 Å². The third-order valence-corrected chi connectivity index (χ3v) is 4.95. The summed E-state index contributed by atoms with van der Waals surface area (Å²) >= 11 is 0. The molecule has 5 nitrogen and oxygen atoms in total. The molecule has 0 radical (unpaired) electrons. The van der Waals surface area contributed by atoms with Crippen LogP contribution in [0.1, 0.15) is 25.5 Å². The lowest BCUT2D eigenvalue weighted by molar-refractivity contribution is 0.340. The Bertz CT molecular complexity index is 724. The minimum absolute atomic E-state index is 0.210. The van der Waals surface area contributed by atoms with E-state index in [1.165, 1.54) is 12.1 Å². The van der Waals surface area contributed by atoms with Gasteiger partial charge < -0.3 is 9.47 Å². The minimum Gasteiger partial charge on any atom is -0.497 e. The van der Waals surface area contributed by atoms with Crippen LogP contribution in [-0.2, 0) is 10.0 Å². The van der Waals surface area contributed by atoms with Gasteiger partial charge in [0.15, 0.2) is 0 Å². The highest BCUT2D eigenvalue weighted by Crippen LogP contribution is 2.21. The first kappa shape index (κ1) is 17.3. The van der Waals surface area contributed by atoms with Gasteiger partial charge in [0.25, 0.3) is 0 Å². The highest BCUT2D eigenvalue weighted by molar-refractivity contribution is 7.89. The summed E-state index contributed by atoms with van der Waals surface area (Å²) in [6, 6.07) is 13.3. The summed E-state index contributed by atoms with van der Waals surface area (Å²) in [5, 5.41) is 0. The lowest BCUT2D eigenvalue weighted by Crippen LogP contribution is -2.26. The predicted molar refractivity (Wildman–Crippen MR) is 89.3 cm³/mol. The fourth-order valence-electron chi connectivity index (χ4n) is 2.14. The zero-order chi connectivity index (χ0) is 16.9. The van der Waals surface area contributed by atoms with Gasteiger partial charge in [-0.05, 0) is 55.8 Å². The largest absolute Gasteiger partial charge is 0.497 e. The number of hydrogen-bond donors (Lipinski definition) is 1. The van der Waals surface area contributed by atoms with Crippen LogP contribution in [0.2, 0.25) is 0 Å². The Morgan fingerprint density at radius 2 is 1.57 bits per heavy atom. The molecule has 0 spiro atoms. The number of sulfonamides is 1. The van der Waals surface area contributed by atoms with Crippen molar-refractivity contribution in [3.63, 3.8) is 0 Å². The van der Waals surface area contributed by atoms with Crippen LogP contribution in [0.5, 0.6) is 11.5 Å². The molecule has 0 amide bonds. The van der Waals surface area contributed by atoms with E-state index < -0.39 is 10.0 Å². The van der Waals surface area contributed by atoms with E-state index in [1.54, 1.807) is 38.3 Å². The molecule has 0 aliphatic carbocycles. The molecule has 0 unspecified atom stereocenters. The number of benzene rings is 2. The quantitative estimate of drug-likeness (QED) is 0.844. The van der Waals surface area contributed by atoms with Gasteiger partial charge in [0, 0.05) is 6.04 Å². The van der Waals surface area contributed by atoms with Crippen molar-refractivity contribution in [1.82, 2.24) is 4.72 Å². The van der Waals surface area contributed by atoms with Crippen molar-refractivity contribution < 1.29 is 17.9 Å². The zero-order valence-corrected chi connectivity index (χ0v) is 14.3. The van der Waals surface area contributed by atoms with Crippen LogP contribution in [0.15, 0.2) is 53.4 Å². The first-order valence-corrected chi connectivity index (χ1v) is 8.83. The topological polar surface area (TPSA) is 64.6 Å². The molecule has 0 aromatic heterocycles. The lowest BCUT2D eigenvalue weighted by Gasteiger charge is -2.15. The normalized spacial score (nSPS) is 12.7. The summed E-state index contributed by atoms with van der Waals surface area (Å²) in [4.78, 5) is 0.210. The summed E-state index contributed by atoms with van der Waals surface area (Å²) in [5.41, 5.74) is 0.861. The smallest absolute Gasteiger partial charge is 0.241 e. The molecule has 2 aromatic rings. The number of methoxy groups -OCH3 is 1. The van der Waals surface area contributed by atoms with Crippen LogP contribution in [0.3, 0.4) is 0 Å². The summed E-state index contributed by atoms with van der Waals surface area (Å²) < 4.78 is 37.9. The molecule has 2 rings (SSSR count). The van der Waals surface area contributed by atoms with E-state index >= 15 is 0 Å². The second kappa shape index (κ2) is 7.48. The standard InChI is InChI=1S/C17H21NO4S/c1-4-22-16-9-11-17(12-10-16)23(19,20)18-13(2)14-5-7-15(21-3)8-6-14/h5-13,18H,4H2,1-3H3/t13-/m0/s1. The van der Waals surface area contributed by atoms with Crippen molar-refractivity contribution in [2.24, 2.45) is 0 Å². The molecule has 1 N–H and O–H groups in total. The average Bonchev–Trinajstić information content (AvgIpc) is 2.55. The molecule has 0 bridgehead atoms. The van der Waals surface area contributed by atoms with Crippen molar-refractivity contribution in [3.8, 4) is 11.5 Å². The monoisotopic (exact) mass is 335 g/mol. The molecule has 0 heterocycles. The Kier molecular flexibility index (Phi) is 5.63. The molecule has 1 atom stereocenters. The van der Waals surface area contributed by atoms with Crippen LogP contribution in [0.25, 0.3) is 0 Å². The lowest BCUT2D eigenvalue weighted by atomic mass is 10.1. The Balaban J connectivity index is 2.12. The Hall–Kier alpha value is -2.05. The third-order valence-electron chi connectivity index (χ3n) is 3.39. The van der Waals surface area contributed by atoms with E-state index in [2.05, 4.69) is 4.72 Å². The predicted octanol–water partition coefficient (Wildman–Crippen LogP) is 3.13. The van der Waals surface area contributed by atoms with E-state index in [4.69, 9.17) is 9.47 Å². The fraction of sp³-hybridized carbons (Fsp3) is 0.294. The Morgan fingerprint density at radius 3 is 2.09 bits per heavy atom. The molecule has 23 heavy (non-hydrogen) atoms. The van der Waals surface area contributed by atoms with Crippen molar-refractivity contribution in [3.05, 3.63) is 54.1 Å². The number of ether oxygens (including phenoxy) is 2. The minimum atomic E-state index is -3.59. The maximum atomic E-state index is 12.4. The highest BCUT2D eigenvalue weighted by Gasteiger charge is 2.18. The average molecular weight is 335 g/mol. The van der Waals surface area contributed by atoms with Crippen LogP contribution < -0.4 is 14.2 Å². The second-order valence-electron chi connectivity index (χ2n) is 5.02. The van der Waals surface area contributed by atoms with Crippen LogP contribution >= 0.6 is 0 Å². The molecule has 124 valence electrons. The van der Waals surface area contributed by atoms with Crippen molar-refractivity contribution in [1.29, 1.82) is 0 Å². The molecule has 6 heteroatoms. The van der Waals surface area contributed by atoms with E-state index in [9.17, 15) is 8.42 Å². The molecular weight excluding hydrogens is 314 g/mol. The van der Waals surface area contributed by atoms with Gasteiger partial charge in [-0.15, -0.1) is 0 Å². The Labute approximate surface area is 137 Å². The van der Waals surface area contributed by atoms with Gasteiger partial charge in [-0.1, -0.05) is 12.1 Å². The van der Waals surface area contributed by atoms with E-state index in [-0.39, 0.29) is 10.9 Å². The van der Waals surface area contributed by atoms with Crippen LogP contribution in [0, 0.1) is 0 Å².